The fourth-order valence-electron chi connectivity index (χ4n) is 3.72. The Balaban J connectivity index is 0.000000236. The summed E-state index contributed by atoms with van der Waals surface area (Å²) in [5, 5.41) is 1.90. The van der Waals surface area contributed by atoms with Crippen LogP contribution in [0.25, 0.3) is 0 Å². The first-order valence-electron chi connectivity index (χ1n) is 14.3. The summed E-state index contributed by atoms with van der Waals surface area (Å²) in [6, 6.07) is 29.5. The number of sulfone groups is 4. The Kier molecular flexibility index (Phi) is 15.3. The van der Waals surface area contributed by atoms with Crippen molar-refractivity contribution in [3.63, 3.8) is 0 Å². The fraction of sp³-hybridized carbons (Fsp3) is 0.206. The van der Waals surface area contributed by atoms with Crippen LogP contribution in [0.5, 0.6) is 5.75 Å². The minimum atomic E-state index is -3.26. The molecule has 264 valence electrons. The van der Waals surface area contributed by atoms with Crippen molar-refractivity contribution >= 4 is 50.7 Å². The van der Waals surface area contributed by atoms with E-state index in [0.717, 1.165) is 22.3 Å². The monoisotopic (exact) mass is 765 g/mol. The second-order valence-electron chi connectivity index (χ2n) is 10.6. The Labute approximate surface area is 294 Å². The second-order valence-corrected chi connectivity index (χ2v) is 19.7. The lowest BCUT2D eigenvalue weighted by Crippen LogP contribution is -2.03. The van der Waals surface area contributed by atoms with Gasteiger partial charge in [-0.25, -0.2) is 38.7 Å². The Bertz CT molecular complexity index is 2220. The summed E-state index contributed by atoms with van der Waals surface area (Å²) >= 11 is 1.45. The summed E-state index contributed by atoms with van der Waals surface area (Å²) in [7, 11) is -12.4. The number of thiophene rings is 1. The van der Waals surface area contributed by atoms with Gasteiger partial charge in [-0.1, -0.05) is 66.2 Å². The molecule has 49 heavy (non-hydrogen) atoms. The normalized spacial score (nSPS) is 11.4. The topological polar surface area (TPSA) is 159 Å². The number of nitrogens with zero attached hydrogens (tertiary/aromatic N) is 1. The zero-order valence-corrected chi connectivity index (χ0v) is 31.9. The van der Waals surface area contributed by atoms with E-state index in [1.165, 1.54) is 42.4 Å². The lowest BCUT2D eigenvalue weighted by Gasteiger charge is -2.10. The predicted octanol–water partition coefficient (Wildman–Crippen LogP) is 6.01. The van der Waals surface area contributed by atoms with Crippen LogP contribution in [-0.2, 0) is 46.0 Å². The van der Waals surface area contributed by atoms with Crippen LogP contribution < -0.4 is 4.74 Å². The van der Waals surface area contributed by atoms with Gasteiger partial charge in [0.25, 0.3) is 0 Å². The van der Waals surface area contributed by atoms with Gasteiger partial charge >= 0.3 is 0 Å². The number of benzene rings is 3. The smallest absolute Gasteiger partial charge is 0.192 e. The van der Waals surface area contributed by atoms with Crippen molar-refractivity contribution in [1.82, 2.24) is 4.98 Å². The number of para-hydroxylation sites is 1. The molecule has 0 radical (unpaired) electrons. The van der Waals surface area contributed by atoms with Gasteiger partial charge in [-0.3, -0.25) is 0 Å². The third-order valence-corrected chi connectivity index (χ3v) is 11.6. The first-order chi connectivity index (χ1) is 22.7. The quantitative estimate of drug-likeness (QED) is 0.192. The van der Waals surface area contributed by atoms with Gasteiger partial charge in [0, 0.05) is 36.1 Å². The van der Waals surface area contributed by atoms with Crippen LogP contribution in [0.4, 0.5) is 0 Å². The lowest BCUT2D eigenvalue weighted by atomic mass is 10.2. The van der Waals surface area contributed by atoms with Crippen LogP contribution in [0.3, 0.4) is 0 Å². The molecular weight excluding hydrogens is 727 g/mol. The summed E-state index contributed by atoms with van der Waals surface area (Å²) in [5.74, 6) is 0.392. The molecule has 3 aromatic carbocycles. The van der Waals surface area contributed by atoms with Gasteiger partial charge in [0.05, 0.1) is 9.79 Å². The van der Waals surface area contributed by atoms with Crippen molar-refractivity contribution in [2.75, 3.05) is 25.0 Å². The molecule has 10 nitrogen and oxygen atoms in total. The van der Waals surface area contributed by atoms with Crippen molar-refractivity contribution in [3.8, 4) is 5.75 Å². The van der Waals surface area contributed by atoms with Gasteiger partial charge in [-0.15, -0.1) is 11.3 Å². The van der Waals surface area contributed by atoms with E-state index in [4.69, 9.17) is 4.74 Å². The van der Waals surface area contributed by atoms with E-state index in [1.54, 1.807) is 79.0 Å². The molecule has 0 saturated heterocycles. The van der Waals surface area contributed by atoms with Crippen LogP contribution in [0, 0.1) is 13.8 Å². The first-order valence-corrected chi connectivity index (χ1v) is 22.7. The number of aromatic nitrogens is 1. The van der Waals surface area contributed by atoms with E-state index in [-0.39, 0.29) is 9.92 Å². The summed E-state index contributed by atoms with van der Waals surface area (Å²) in [6.45, 7) is 4.08. The predicted molar refractivity (Wildman–Crippen MR) is 194 cm³/mol. The molecule has 2 heterocycles. The molecule has 0 atom stereocenters. The molecule has 2 aromatic heterocycles. The molecule has 0 aliphatic heterocycles. The highest BCUT2D eigenvalue weighted by Gasteiger charge is 2.13. The molecule has 15 heteroatoms. The lowest BCUT2D eigenvalue weighted by molar-refractivity contribution is 0.298. The third-order valence-electron chi connectivity index (χ3n) is 6.16. The number of ether oxygens (including phenoxy) is 1. The van der Waals surface area contributed by atoms with Crippen molar-refractivity contribution in [1.29, 1.82) is 0 Å². The van der Waals surface area contributed by atoms with Gasteiger partial charge in [0.2, 0.25) is 0 Å². The van der Waals surface area contributed by atoms with E-state index in [0.29, 0.717) is 22.1 Å². The maximum atomic E-state index is 11.6. The average Bonchev–Trinajstić information content (AvgIpc) is 3.48. The van der Waals surface area contributed by atoms with Crippen LogP contribution in [0.15, 0.2) is 134 Å². The fourth-order valence-corrected chi connectivity index (χ4v) is 7.86. The van der Waals surface area contributed by atoms with Crippen molar-refractivity contribution in [3.05, 3.63) is 131 Å². The number of aryl methyl sites for hydroxylation is 2. The molecular formula is C34H39NO9S5. The zero-order valence-electron chi connectivity index (χ0n) is 27.8. The molecule has 0 aliphatic rings. The molecule has 5 aromatic rings. The highest BCUT2D eigenvalue weighted by atomic mass is 32.2. The summed E-state index contributed by atoms with van der Waals surface area (Å²) in [5.41, 5.74) is 2.07. The van der Waals surface area contributed by atoms with Crippen LogP contribution in [-0.4, -0.2) is 63.7 Å². The Hall–Kier alpha value is -3.89. The van der Waals surface area contributed by atoms with E-state index in [2.05, 4.69) is 4.98 Å². The molecule has 0 aliphatic carbocycles. The maximum Gasteiger partial charge on any atom is 0.192 e. The molecule has 0 fully saturated rings. The molecule has 0 spiro atoms. The minimum Gasteiger partial charge on any atom is -0.488 e. The number of rotatable bonds is 7. The van der Waals surface area contributed by atoms with Gasteiger partial charge in [-0.05, 0) is 67.3 Å². The largest absolute Gasteiger partial charge is 0.488 e. The molecule has 0 amide bonds. The summed E-state index contributed by atoms with van der Waals surface area (Å²) < 4.78 is 94.0. The molecule has 0 N–H and O–H groups in total. The third kappa shape index (κ3) is 15.0. The van der Waals surface area contributed by atoms with Gasteiger partial charge in [0.15, 0.2) is 44.4 Å². The summed E-state index contributed by atoms with van der Waals surface area (Å²) in [6.07, 6.45) is 6.20. The van der Waals surface area contributed by atoms with Crippen LogP contribution >= 0.6 is 11.3 Å². The Morgan fingerprint density at radius 3 is 1.55 bits per heavy atom. The standard InChI is InChI=1S/C14H14O3S.C8H10O2S.C6H7NO2S.C6H8O2S2/c1-18(15,16)14-10-6-5-9-13(14)17-11-12-7-3-2-4-8-12;1-7-3-5-8(6-4-7)11(2,9)10;1-10(8,9)6-4-2-3-5-7-6;1-5-6(3-4-9-5)10(2,7)8/h2-10H,11H2,1H3;3-6H,1-2H3;2-5H,1H3;3-4H,1-2H3. The van der Waals surface area contributed by atoms with E-state index in [9.17, 15) is 33.7 Å². The van der Waals surface area contributed by atoms with Crippen LogP contribution in [0.1, 0.15) is 16.0 Å². The van der Waals surface area contributed by atoms with Gasteiger partial charge in [-0.2, -0.15) is 0 Å². The molecule has 0 saturated carbocycles. The number of hydrogen-bond donors (Lipinski definition) is 0. The zero-order chi connectivity index (χ0) is 36.9. The van der Waals surface area contributed by atoms with Crippen molar-refractivity contribution in [2.24, 2.45) is 0 Å². The average molecular weight is 766 g/mol. The highest BCUT2D eigenvalue weighted by Crippen LogP contribution is 2.24. The highest BCUT2D eigenvalue weighted by molar-refractivity contribution is 7.91. The Morgan fingerprint density at radius 1 is 0.571 bits per heavy atom. The maximum absolute atomic E-state index is 11.6. The van der Waals surface area contributed by atoms with Gasteiger partial charge in [0.1, 0.15) is 17.3 Å². The second kappa shape index (κ2) is 18.2. The summed E-state index contributed by atoms with van der Waals surface area (Å²) in [4.78, 5) is 5.58. The van der Waals surface area contributed by atoms with E-state index >= 15 is 0 Å². The molecule has 0 bridgehead atoms. The van der Waals surface area contributed by atoms with Crippen LogP contribution in [0.2, 0.25) is 0 Å². The molecule has 0 unspecified atom stereocenters. The number of pyridine rings is 1. The van der Waals surface area contributed by atoms with Crippen molar-refractivity contribution in [2.45, 2.75) is 40.2 Å². The van der Waals surface area contributed by atoms with E-state index < -0.39 is 39.3 Å². The van der Waals surface area contributed by atoms with E-state index in [1.807, 2.05) is 37.3 Å². The minimum absolute atomic E-state index is 0.120. The molecule has 5 rings (SSSR count). The van der Waals surface area contributed by atoms with Crippen molar-refractivity contribution < 1.29 is 38.4 Å². The SMILES string of the molecule is CS(=O)(=O)c1ccccc1OCc1ccccc1.CS(=O)(=O)c1ccccn1.Cc1ccc(S(C)(=O)=O)cc1.Cc1sccc1S(C)(=O)=O. The first kappa shape index (κ1) is 41.3. The van der Waals surface area contributed by atoms with Gasteiger partial charge < -0.3 is 4.74 Å². The number of hydrogen-bond acceptors (Lipinski definition) is 11. The Morgan fingerprint density at radius 2 is 1.12 bits per heavy atom.